The molecule has 1 amide bonds. The molecule has 3 N–H and O–H groups in total. The number of nitrogen functional groups attached to an aromatic ring is 1. The Morgan fingerprint density at radius 1 is 1.21 bits per heavy atom. The highest BCUT2D eigenvalue weighted by Gasteiger charge is 2.11. The van der Waals surface area contributed by atoms with Crippen molar-refractivity contribution >= 4 is 17.3 Å². The van der Waals surface area contributed by atoms with Crippen molar-refractivity contribution in [2.45, 2.75) is 13.8 Å². The minimum atomic E-state index is -0.476. The Morgan fingerprint density at radius 2 is 1.95 bits per heavy atom. The van der Waals surface area contributed by atoms with Gasteiger partial charge in [-0.05, 0) is 49.2 Å². The van der Waals surface area contributed by atoms with Crippen molar-refractivity contribution in [3.8, 4) is 0 Å². The predicted molar refractivity (Wildman–Crippen MR) is 74.7 cm³/mol. The number of carbonyl (C=O) groups is 1. The molecule has 98 valence electrons. The molecular weight excluding hydrogens is 243 g/mol. The molecule has 4 heteroatoms. The number of hydrogen-bond donors (Lipinski definition) is 2. The number of carbonyl (C=O) groups excluding carboxylic acids is 1. The van der Waals surface area contributed by atoms with Crippen LogP contribution in [-0.4, -0.2) is 5.91 Å². The SMILES string of the molecule is Cc1cccc(C(=O)Nc2cc(N)cc(F)c2)c1C. The monoisotopic (exact) mass is 258 g/mol. The summed E-state index contributed by atoms with van der Waals surface area (Å²) in [6, 6.07) is 9.45. The van der Waals surface area contributed by atoms with Crippen LogP contribution in [0.15, 0.2) is 36.4 Å². The van der Waals surface area contributed by atoms with Crippen LogP contribution in [-0.2, 0) is 0 Å². The molecule has 0 saturated carbocycles. The first-order valence-electron chi connectivity index (χ1n) is 5.91. The Bertz CT molecular complexity index is 618. The topological polar surface area (TPSA) is 55.1 Å². The van der Waals surface area contributed by atoms with Gasteiger partial charge in [0.2, 0.25) is 0 Å². The van der Waals surface area contributed by atoms with Crippen molar-refractivity contribution < 1.29 is 9.18 Å². The Labute approximate surface area is 111 Å². The second-order valence-electron chi connectivity index (χ2n) is 4.47. The number of anilines is 2. The lowest BCUT2D eigenvalue weighted by Crippen LogP contribution is -2.14. The lowest BCUT2D eigenvalue weighted by molar-refractivity contribution is 0.102. The minimum absolute atomic E-state index is 0.272. The molecule has 0 fully saturated rings. The van der Waals surface area contributed by atoms with Gasteiger partial charge in [-0.1, -0.05) is 12.1 Å². The van der Waals surface area contributed by atoms with Gasteiger partial charge in [-0.2, -0.15) is 0 Å². The highest BCUT2D eigenvalue weighted by molar-refractivity contribution is 6.05. The number of rotatable bonds is 2. The van der Waals surface area contributed by atoms with E-state index >= 15 is 0 Å². The number of nitrogens with one attached hydrogen (secondary N) is 1. The summed E-state index contributed by atoms with van der Waals surface area (Å²) in [6.07, 6.45) is 0. The molecule has 19 heavy (non-hydrogen) atoms. The number of hydrogen-bond acceptors (Lipinski definition) is 2. The molecule has 0 aliphatic heterocycles. The largest absolute Gasteiger partial charge is 0.399 e. The first-order valence-corrected chi connectivity index (χ1v) is 5.91. The van der Waals surface area contributed by atoms with E-state index in [1.165, 1.54) is 18.2 Å². The van der Waals surface area contributed by atoms with Crippen molar-refractivity contribution in [3.63, 3.8) is 0 Å². The summed E-state index contributed by atoms with van der Waals surface area (Å²) in [4.78, 5) is 12.1. The van der Waals surface area contributed by atoms with E-state index in [9.17, 15) is 9.18 Å². The first-order chi connectivity index (χ1) is 8.97. The molecule has 0 bridgehead atoms. The Morgan fingerprint density at radius 3 is 2.63 bits per heavy atom. The van der Waals surface area contributed by atoms with Crippen molar-refractivity contribution in [3.05, 3.63) is 58.9 Å². The lowest BCUT2D eigenvalue weighted by atomic mass is 10.0. The van der Waals surface area contributed by atoms with E-state index in [-0.39, 0.29) is 11.6 Å². The van der Waals surface area contributed by atoms with E-state index in [0.29, 0.717) is 11.3 Å². The number of benzene rings is 2. The average Bonchev–Trinajstić information content (AvgIpc) is 2.31. The van der Waals surface area contributed by atoms with Crippen LogP contribution in [0.5, 0.6) is 0 Å². The molecule has 2 aromatic rings. The van der Waals surface area contributed by atoms with Crippen LogP contribution in [0.3, 0.4) is 0 Å². The summed E-state index contributed by atoms with van der Waals surface area (Å²) in [5, 5.41) is 2.65. The van der Waals surface area contributed by atoms with E-state index < -0.39 is 5.82 Å². The minimum Gasteiger partial charge on any atom is -0.399 e. The number of amides is 1. The van der Waals surface area contributed by atoms with E-state index in [0.717, 1.165) is 11.1 Å². The van der Waals surface area contributed by atoms with Crippen LogP contribution in [0, 0.1) is 19.7 Å². The summed E-state index contributed by atoms with van der Waals surface area (Å²) in [6.45, 7) is 3.82. The fourth-order valence-electron chi connectivity index (χ4n) is 1.88. The van der Waals surface area contributed by atoms with Gasteiger partial charge >= 0.3 is 0 Å². The average molecular weight is 258 g/mol. The van der Waals surface area contributed by atoms with Crippen molar-refractivity contribution in [1.29, 1.82) is 0 Å². The first kappa shape index (κ1) is 13.1. The Kier molecular flexibility index (Phi) is 3.51. The molecule has 0 aliphatic carbocycles. The molecule has 0 atom stereocenters. The quantitative estimate of drug-likeness (QED) is 0.812. The normalized spacial score (nSPS) is 10.3. The summed E-state index contributed by atoms with van der Waals surface area (Å²) >= 11 is 0. The smallest absolute Gasteiger partial charge is 0.255 e. The van der Waals surface area contributed by atoms with Crippen LogP contribution in [0.2, 0.25) is 0 Å². The van der Waals surface area contributed by atoms with Gasteiger partial charge in [0.1, 0.15) is 5.82 Å². The van der Waals surface area contributed by atoms with E-state index in [4.69, 9.17) is 5.73 Å². The maximum atomic E-state index is 13.2. The van der Waals surface area contributed by atoms with Gasteiger partial charge in [-0.3, -0.25) is 4.79 Å². The van der Waals surface area contributed by atoms with E-state index in [2.05, 4.69) is 5.32 Å². The van der Waals surface area contributed by atoms with Crippen LogP contribution in [0.1, 0.15) is 21.5 Å². The lowest BCUT2D eigenvalue weighted by Gasteiger charge is -2.10. The zero-order valence-electron chi connectivity index (χ0n) is 10.8. The van der Waals surface area contributed by atoms with Gasteiger partial charge < -0.3 is 11.1 Å². The molecule has 0 unspecified atom stereocenters. The second kappa shape index (κ2) is 5.10. The third kappa shape index (κ3) is 2.91. The van der Waals surface area contributed by atoms with Crippen LogP contribution in [0.4, 0.5) is 15.8 Å². The van der Waals surface area contributed by atoms with E-state index in [1.807, 2.05) is 26.0 Å². The van der Waals surface area contributed by atoms with Gasteiger partial charge in [-0.25, -0.2) is 4.39 Å². The number of halogens is 1. The fourth-order valence-corrected chi connectivity index (χ4v) is 1.88. The van der Waals surface area contributed by atoms with Crippen LogP contribution in [0.25, 0.3) is 0 Å². The molecule has 0 saturated heterocycles. The van der Waals surface area contributed by atoms with Crippen LogP contribution < -0.4 is 11.1 Å². The summed E-state index contributed by atoms with van der Waals surface area (Å²) in [5.74, 6) is -0.748. The van der Waals surface area contributed by atoms with Gasteiger partial charge in [-0.15, -0.1) is 0 Å². The molecule has 2 rings (SSSR count). The summed E-state index contributed by atoms with van der Waals surface area (Å²) in [7, 11) is 0. The number of nitrogens with two attached hydrogens (primary N) is 1. The van der Waals surface area contributed by atoms with Gasteiger partial charge in [0.15, 0.2) is 0 Å². The molecule has 0 spiro atoms. The molecule has 0 radical (unpaired) electrons. The molecule has 0 heterocycles. The second-order valence-corrected chi connectivity index (χ2v) is 4.47. The van der Waals surface area contributed by atoms with E-state index in [1.54, 1.807) is 6.07 Å². The van der Waals surface area contributed by atoms with Crippen LogP contribution >= 0.6 is 0 Å². The maximum absolute atomic E-state index is 13.2. The predicted octanol–water partition coefficient (Wildman–Crippen LogP) is 3.28. The third-order valence-electron chi connectivity index (χ3n) is 3.03. The number of aryl methyl sites for hydroxylation is 1. The fraction of sp³-hybridized carbons (Fsp3) is 0.133. The van der Waals surface area contributed by atoms with Crippen molar-refractivity contribution in [2.75, 3.05) is 11.1 Å². The molecule has 0 aliphatic rings. The highest BCUT2D eigenvalue weighted by atomic mass is 19.1. The molecule has 2 aromatic carbocycles. The van der Waals surface area contributed by atoms with Gasteiger partial charge in [0.05, 0.1) is 0 Å². The molecule has 3 nitrogen and oxygen atoms in total. The van der Waals surface area contributed by atoms with Gasteiger partial charge in [0.25, 0.3) is 5.91 Å². The molecular formula is C15H15FN2O. The van der Waals surface area contributed by atoms with Gasteiger partial charge in [0, 0.05) is 16.9 Å². The zero-order valence-corrected chi connectivity index (χ0v) is 10.8. The molecule has 0 aromatic heterocycles. The standard InChI is InChI=1S/C15H15FN2O/c1-9-4-3-5-14(10(9)2)15(19)18-13-7-11(16)6-12(17)8-13/h3-8H,17H2,1-2H3,(H,18,19). The maximum Gasteiger partial charge on any atom is 0.255 e. The van der Waals surface area contributed by atoms with Crippen molar-refractivity contribution in [2.24, 2.45) is 0 Å². The third-order valence-corrected chi connectivity index (χ3v) is 3.03. The Hall–Kier alpha value is -2.36. The highest BCUT2D eigenvalue weighted by Crippen LogP contribution is 2.18. The Balaban J connectivity index is 2.28. The summed E-state index contributed by atoms with van der Waals surface area (Å²) < 4.78 is 13.2. The zero-order chi connectivity index (χ0) is 14.0. The summed E-state index contributed by atoms with van der Waals surface area (Å²) in [5.41, 5.74) is 8.67. The van der Waals surface area contributed by atoms with Crippen molar-refractivity contribution in [1.82, 2.24) is 0 Å².